The van der Waals surface area contributed by atoms with Gasteiger partial charge in [0.25, 0.3) is 11.8 Å². The third-order valence-electron chi connectivity index (χ3n) is 4.06. The normalized spacial score (nSPS) is 11.8. The third-order valence-corrected chi connectivity index (χ3v) is 4.06. The Morgan fingerprint density at radius 3 is 2.38 bits per heavy atom. The summed E-state index contributed by atoms with van der Waals surface area (Å²) < 4.78 is 36.8. The van der Waals surface area contributed by atoms with Crippen molar-refractivity contribution in [3.8, 4) is 11.5 Å². The van der Waals surface area contributed by atoms with Crippen LogP contribution in [0.1, 0.15) is 20.8 Å². The summed E-state index contributed by atoms with van der Waals surface area (Å²) in [4.78, 5) is 28.7. The van der Waals surface area contributed by atoms with Crippen LogP contribution in [-0.4, -0.2) is 23.6 Å². The summed E-state index contributed by atoms with van der Waals surface area (Å²) in [6.45, 7) is 0.119. The topological polar surface area (TPSA) is 89.6 Å². The SMILES string of the molecule is O=C(Nc1ccc2c(c1)OCO2)c1ccnc(C(=O)Nc2ccc(F)c(F)c2)c1. The molecule has 3 aromatic rings. The van der Waals surface area contributed by atoms with Gasteiger partial charge in [0.15, 0.2) is 23.1 Å². The Bertz CT molecular complexity index is 1120. The van der Waals surface area contributed by atoms with E-state index < -0.39 is 23.4 Å². The molecule has 2 amide bonds. The number of amides is 2. The summed E-state index contributed by atoms with van der Waals surface area (Å²) in [6.07, 6.45) is 1.30. The third kappa shape index (κ3) is 3.98. The van der Waals surface area contributed by atoms with Crippen LogP contribution in [0.25, 0.3) is 0 Å². The fraction of sp³-hybridized carbons (Fsp3) is 0.0500. The van der Waals surface area contributed by atoms with E-state index in [1.54, 1.807) is 18.2 Å². The first kappa shape index (κ1) is 18.4. The molecule has 0 spiro atoms. The van der Waals surface area contributed by atoms with E-state index >= 15 is 0 Å². The van der Waals surface area contributed by atoms with Crippen LogP contribution in [0.3, 0.4) is 0 Å². The lowest BCUT2D eigenvalue weighted by molar-refractivity contribution is 0.102. The molecule has 0 unspecified atom stereocenters. The van der Waals surface area contributed by atoms with Crippen LogP contribution in [0.2, 0.25) is 0 Å². The predicted octanol–water partition coefficient (Wildman–Crippen LogP) is 3.59. The number of carbonyl (C=O) groups is 2. The molecule has 1 aliphatic heterocycles. The second kappa shape index (κ2) is 7.55. The first-order chi connectivity index (χ1) is 14.0. The number of pyridine rings is 1. The molecule has 0 radical (unpaired) electrons. The molecule has 4 rings (SSSR count). The Hall–Kier alpha value is -4.01. The monoisotopic (exact) mass is 397 g/mol. The molecule has 2 heterocycles. The standard InChI is InChI=1S/C20H13F2N3O4/c21-14-3-1-12(8-15(14)22)25-20(27)16-7-11(5-6-23-16)19(26)24-13-2-4-17-18(9-13)29-10-28-17/h1-9H,10H2,(H,24,26)(H,25,27). The van der Waals surface area contributed by atoms with Gasteiger partial charge in [-0.3, -0.25) is 14.6 Å². The maximum Gasteiger partial charge on any atom is 0.274 e. The van der Waals surface area contributed by atoms with Crippen molar-refractivity contribution < 1.29 is 27.8 Å². The number of carbonyl (C=O) groups excluding carboxylic acids is 2. The lowest BCUT2D eigenvalue weighted by Gasteiger charge is -2.08. The summed E-state index contributed by atoms with van der Waals surface area (Å²) >= 11 is 0. The first-order valence-corrected chi connectivity index (χ1v) is 8.43. The number of anilines is 2. The molecule has 0 saturated heterocycles. The van der Waals surface area contributed by atoms with Crippen molar-refractivity contribution in [1.82, 2.24) is 4.98 Å². The van der Waals surface area contributed by atoms with Crippen molar-refractivity contribution in [3.63, 3.8) is 0 Å². The average Bonchev–Trinajstić information content (AvgIpc) is 3.18. The van der Waals surface area contributed by atoms with E-state index in [9.17, 15) is 18.4 Å². The van der Waals surface area contributed by atoms with E-state index in [1.807, 2.05) is 0 Å². The quantitative estimate of drug-likeness (QED) is 0.702. The van der Waals surface area contributed by atoms with Crippen molar-refractivity contribution in [2.24, 2.45) is 0 Å². The predicted molar refractivity (Wildman–Crippen MR) is 99.1 cm³/mol. The molecule has 2 N–H and O–H groups in total. The van der Waals surface area contributed by atoms with Gasteiger partial charge in [-0.05, 0) is 36.4 Å². The largest absolute Gasteiger partial charge is 0.454 e. The highest BCUT2D eigenvalue weighted by atomic mass is 19.2. The van der Waals surface area contributed by atoms with Crippen LogP contribution in [0, 0.1) is 11.6 Å². The Morgan fingerprint density at radius 1 is 0.828 bits per heavy atom. The lowest BCUT2D eigenvalue weighted by Crippen LogP contribution is -2.17. The highest BCUT2D eigenvalue weighted by molar-refractivity contribution is 6.07. The number of fused-ring (bicyclic) bond motifs is 1. The summed E-state index contributed by atoms with van der Waals surface area (Å²) in [7, 11) is 0. The van der Waals surface area contributed by atoms with Gasteiger partial charge >= 0.3 is 0 Å². The smallest absolute Gasteiger partial charge is 0.274 e. The molecule has 1 aliphatic rings. The van der Waals surface area contributed by atoms with E-state index in [-0.39, 0.29) is 23.7 Å². The van der Waals surface area contributed by atoms with Gasteiger partial charge in [-0.25, -0.2) is 8.78 Å². The van der Waals surface area contributed by atoms with Gasteiger partial charge in [0.2, 0.25) is 6.79 Å². The number of nitrogens with zero attached hydrogens (tertiary/aromatic N) is 1. The van der Waals surface area contributed by atoms with E-state index in [0.717, 1.165) is 12.1 Å². The fourth-order valence-corrected chi connectivity index (χ4v) is 2.64. The molecule has 2 aromatic carbocycles. The number of halogens is 2. The molecule has 0 bridgehead atoms. The zero-order valence-electron chi connectivity index (χ0n) is 14.7. The highest BCUT2D eigenvalue weighted by Crippen LogP contribution is 2.34. The van der Waals surface area contributed by atoms with Crippen molar-refractivity contribution in [1.29, 1.82) is 0 Å². The minimum atomic E-state index is -1.09. The molecule has 0 fully saturated rings. The zero-order chi connectivity index (χ0) is 20.4. The Labute approximate surface area is 163 Å². The molecule has 29 heavy (non-hydrogen) atoms. The van der Waals surface area contributed by atoms with Crippen molar-refractivity contribution in [2.45, 2.75) is 0 Å². The van der Waals surface area contributed by atoms with E-state index in [0.29, 0.717) is 17.2 Å². The van der Waals surface area contributed by atoms with Crippen molar-refractivity contribution >= 4 is 23.2 Å². The van der Waals surface area contributed by atoms with E-state index in [4.69, 9.17) is 9.47 Å². The molecule has 9 heteroatoms. The molecule has 7 nitrogen and oxygen atoms in total. The number of rotatable bonds is 4. The van der Waals surface area contributed by atoms with Gasteiger partial charge in [0.1, 0.15) is 5.69 Å². The Morgan fingerprint density at radius 2 is 1.55 bits per heavy atom. The molecule has 0 atom stereocenters. The van der Waals surface area contributed by atoms with Gasteiger partial charge in [-0.1, -0.05) is 0 Å². The second-order valence-electron chi connectivity index (χ2n) is 6.03. The minimum Gasteiger partial charge on any atom is -0.454 e. The number of hydrogen-bond acceptors (Lipinski definition) is 5. The maximum absolute atomic E-state index is 13.3. The van der Waals surface area contributed by atoms with Gasteiger partial charge in [0, 0.05) is 35.3 Å². The maximum atomic E-state index is 13.3. The second-order valence-corrected chi connectivity index (χ2v) is 6.03. The fourth-order valence-electron chi connectivity index (χ4n) is 2.64. The molecule has 146 valence electrons. The molecule has 0 saturated carbocycles. The summed E-state index contributed by atoms with van der Waals surface area (Å²) in [5.41, 5.74) is 0.677. The summed E-state index contributed by atoms with van der Waals surface area (Å²) in [5, 5.41) is 5.09. The van der Waals surface area contributed by atoms with Gasteiger partial charge in [-0.15, -0.1) is 0 Å². The van der Waals surface area contributed by atoms with Crippen molar-refractivity contribution in [2.75, 3.05) is 17.4 Å². The zero-order valence-corrected chi connectivity index (χ0v) is 14.7. The first-order valence-electron chi connectivity index (χ1n) is 8.43. The number of nitrogens with one attached hydrogen (secondary N) is 2. The Kier molecular flexibility index (Phi) is 4.78. The average molecular weight is 397 g/mol. The van der Waals surface area contributed by atoms with Crippen LogP contribution in [0.15, 0.2) is 54.7 Å². The van der Waals surface area contributed by atoms with Gasteiger partial charge in [-0.2, -0.15) is 0 Å². The Balaban J connectivity index is 1.48. The molecular weight excluding hydrogens is 384 g/mol. The van der Waals surface area contributed by atoms with Crippen molar-refractivity contribution in [3.05, 3.63) is 77.6 Å². The van der Waals surface area contributed by atoms with Crippen LogP contribution in [0.5, 0.6) is 11.5 Å². The lowest BCUT2D eigenvalue weighted by atomic mass is 10.2. The molecule has 1 aromatic heterocycles. The molecular formula is C20H13F2N3O4. The highest BCUT2D eigenvalue weighted by Gasteiger charge is 2.16. The van der Waals surface area contributed by atoms with E-state index in [2.05, 4.69) is 15.6 Å². The van der Waals surface area contributed by atoms with Gasteiger partial charge < -0.3 is 20.1 Å². The van der Waals surface area contributed by atoms with Gasteiger partial charge in [0.05, 0.1) is 0 Å². The number of benzene rings is 2. The van der Waals surface area contributed by atoms with E-state index in [1.165, 1.54) is 24.4 Å². The van der Waals surface area contributed by atoms with Crippen LogP contribution < -0.4 is 20.1 Å². The minimum absolute atomic E-state index is 0.0610. The van der Waals surface area contributed by atoms with Crippen LogP contribution >= 0.6 is 0 Å². The summed E-state index contributed by atoms with van der Waals surface area (Å²) in [6, 6.07) is 10.6. The summed E-state index contributed by atoms with van der Waals surface area (Å²) in [5.74, 6) is -2.15. The van der Waals surface area contributed by atoms with Crippen LogP contribution in [0.4, 0.5) is 20.2 Å². The van der Waals surface area contributed by atoms with Crippen LogP contribution in [-0.2, 0) is 0 Å². The number of ether oxygens (including phenoxy) is 2. The number of aromatic nitrogens is 1. The molecule has 0 aliphatic carbocycles. The number of hydrogen-bond donors (Lipinski definition) is 2.